The van der Waals surface area contributed by atoms with Crippen molar-refractivity contribution in [2.45, 2.75) is 39.2 Å². The molecule has 0 aliphatic carbocycles. The summed E-state index contributed by atoms with van der Waals surface area (Å²) in [5.74, 6) is -0.0912. The molecule has 1 atom stereocenters. The first kappa shape index (κ1) is 23.0. The zero-order valence-corrected chi connectivity index (χ0v) is 18.6. The second-order valence-electron chi connectivity index (χ2n) is 8.33. The average molecular weight is 436 g/mol. The van der Waals surface area contributed by atoms with Crippen molar-refractivity contribution in [3.8, 4) is 0 Å². The minimum Gasteiger partial charge on any atom is -0.481 e. The highest BCUT2D eigenvalue weighted by atomic mass is 16.4. The molecule has 1 unspecified atom stereocenters. The number of nitrogen functional groups attached to an aromatic ring is 1. The first-order chi connectivity index (χ1) is 15.2. The summed E-state index contributed by atoms with van der Waals surface area (Å²) < 4.78 is 2.00. The SMILES string of the molecule is CC(C)C(CCC(=O)O)NC(=O)c1ccc2c(c1)nc(Cc1ccc(C(=N)N)cc1)n2C. The third-order valence-corrected chi connectivity index (χ3v) is 5.65. The quantitative estimate of drug-likeness (QED) is 0.303. The van der Waals surface area contributed by atoms with Crippen molar-refractivity contribution in [1.82, 2.24) is 14.9 Å². The van der Waals surface area contributed by atoms with Gasteiger partial charge in [-0.2, -0.15) is 0 Å². The fourth-order valence-electron chi connectivity index (χ4n) is 3.64. The fourth-order valence-corrected chi connectivity index (χ4v) is 3.64. The van der Waals surface area contributed by atoms with Gasteiger partial charge in [0.05, 0.1) is 11.0 Å². The molecule has 0 bridgehead atoms. The molecule has 0 aliphatic heterocycles. The number of rotatable bonds is 9. The lowest BCUT2D eigenvalue weighted by Gasteiger charge is -2.21. The summed E-state index contributed by atoms with van der Waals surface area (Å²) in [6.45, 7) is 3.92. The van der Waals surface area contributed by atoms with Gasteiger partial charge in [0, 0.05) is 37.1 Å². The van der Waals surface area contributed by atoms with Gasteiger partial charge in [0.1, 0.15) is 11.7 Å². The van der Waals surface area contributed by atoms with E-state index in [2.05, 4.69) is 5.32 Å². The van der Waals surface area contributed by atoms with Gasteiger partial charge in [0.2, 0.25) is 0 Å². The number of carboxylic acids is 1. The number of amides is 1. The molecule has 2 aromatic carbocycles. The van der Waals surface area contributed by atoms with Crippen molar-refractivity contribution in [2.24, 2.45) is 18.7 Å². The molecule has 32 heavy (non-hydrogen) atoms. The Kier molecular flexibility index (Phi) is 6.92. The van der Waals surface area contributed by atoms with E-state index in [9.17, 15) is 9.59 Å². The van der Waals surface area contributed by atoms with Crippen LogP contribution in [0.3, 0.4) is 0 Å². The van der Waals surface area contributed by atoms with Crippen molar-refractivity contribution >= 4 is 28.7 Å². The van der Waals surface area contributed by atoms with Gasteiger partial charge < -0.3 is 20.7 Å². The Balaban J connectivity index is 1.79. The summed E-state index contributed by atoms with van der Waals surface area (Å²) in [5.41, 5.74) is 9.38. The number of hydrogen-bond acceptors (Lipinski definition) is 4. The number of amidine groups is 1. The molecule has 0 spiro atoms. The molecule has 8 heteroatoms. The molecular weight excluding hydrogens is 406 g/mol. The minimum absolute atomic E-state index is 0.0131. The number of aromatic nitrogens is 2. The van der Waals surface area contributed by atoms with Crippen LogP contribution in [0.15, 0.2) is 42.5 Å². The topological polar surface area (TPSA) is 134 Å². The summed E-state index contributed by atoms with van der Waals surface area (Å²) in [4.78, 5) is 28.4. The van der Waals surface area contributed by atoms with Crippen molar-refractivity contribution in [1.29, 1.82) is 5.41 Å². The predicted molar refractivity (Wildman–Crippen MR) is 124 cm³/mol. The van der Waals surface area contributed by atoms with Crippen molar-refractivity contribution in [3.63, 3.8) is 0 Å². The number of aryl methyl sites for hydroxylation is 1. The van der Waals surface area contributed by atoms with Crippen LogP contribution in [-0.2, 0) is 18.3 Å². The Bertz CT molecular complexity index is 1150. The predicted octanol–water partition coefficient (Wildman–Crippen LogP) is 3.07. The number of fused-ring (bicyclic) bond motifs is 1. The summed E-state index contributed by atoms with van der Waals surface area (Å²) >= 11 is 0. The molecule has 1 heterocycles. The van der Waals surface area contributed by atoms with Gasteiger partial charge in [0.25, 0.3) is 5.91 Å². The number of nitrogens with one attached hydrogen (secondary N) is 2. The summed E-state index contributed by atoms with van der Waals surface area (Å²) in [6, 6.07) is 12.7. The first-order valence-corrected chi connectivity index (χ1v) is 10.6. The van der Waals surface area contributed by atoms with Crippen LogP contribution in [0.5, 0.6) is 0 Å². The van der Waals surface area contributed by atoms with Gasteiger partial charge >= 0.3 is 5.97 Å². The van der Waals surface area contributed by atoms with Gasteiger partial charge in [-0.05, 0) is 36.1 Å². The monoisotopic (exact) mass is 435 g/mol. The number of carboxylic acid groups (broad SMARTS) is 1. The molecule has 1 aromatic heterocycles. The van der Waals surface area contributed by atoms with Crippen molar-refractivity contribution in [3.05, 3.63) is 65.0 Å². The molecule has 0 saturated carbocycles. The van der Waals surface area contributed by atoms with E-state index < -0.39 is 5.97 Å². The smallest absolute Gasteiger partial charge is 0.303 e. The summed E-state index contributed by atoms with van der Waals surface area (Å²) in [5, 5.41) is 19.4. The lowest BCUT2D eigenvalue weighted by atomic mass is 9.98. The average Bonchev–Trinajstić information content (AvgIpc) is 3.05. The van der Waals surface area contributed by atoms with E-state index in [4.69, 9.17) is 21.2 Å². The van der Waals surface area contributed by atoms with Crippen LogP contribution < -0.4 is 11.1 Å². The number of carbonyl (C=O) groups is 2. The number of hydrogen-bond donors (Lipinski definition) is 4. The van der Waals surface area contributed by atoms with Crippen LogP contribution in [0.2, 0.25) is 0 Å². The molecule has 1 amide bonds. The van der Waals surface area contributed by atoms with Crippen LogP contribution in [0.25, 0.3) is 11.0 Å². The molecule has 168 valence electrons. The van der Waals surface area contributed by atoms with Gasteiger partial charge in [0.15, 0.2) is 0 Å². The number of aliphatic carboxylic acids is 1. The second-order valence-corrected chi connectivity index (χ2v) is 8.33. The molecule has 3 aromatic rings. The van der Waals surface area contributed by atoms with E-state index in [0.717, 1.165) is 22.4 Å². The molecule has 0 aliphatic rings. The number of nitrogens with two attached hydrogens (primary N) is 1. The number of imidazole rings is 1. The molecule has 0 fully saturated rings. The highest BCUT2D eigenvalue weighted by Crippen LogP contribution is 2.20. The maximum atomic E-state index is 12.8. The van der Waals surface area contributed by atoms with E-state index in [1.807, 2.05) is 55.8 Å². The lowest BCUT2D eigenvalue weighted by molar-refractivity contribution is -0.137. The summed E-state index contributed by atoms with van der Waals surface area (Å²) in [7, 11) is 1.94. The van der Waals surface area contributed by atoms with Crippen LogP contribution in [0.1, 0.15) is 54.0 Å². The maximum absolute atomic E-state index is 12.8. The maximum Gasteiger partial charge on any atom is 0.303 e. The van der Waals surface area contributed by atoms with Gasteiger partial charge in [-0.25, -0.2) is 4.98 Å². The van der Waals surface area contributed by atoms with E-state index in [1.54, 1.807) is 12.1 Å². The van der Waals surface area contributed by atoms with E-state index >= 15 is 0 Å². The molecule has 3 rings (SSSR count). The van der Waals surface area contributed by atoms with Gasteiger partial charge in [-0.15, -0.1) is 0 Å². The largest absolute Gasteiger partial charge is 0.481 e. The Morgan fingerprint density at radius 2 is 1.81 bits per heavy atom. The lowest BCUT2D eigenvalue weighted by Crippen LogP contribution is -2.38. The highest BCUT2D eigenvalue weighted by Gasteiger charge is 2.19. The van der Waals surface area contributed by atoms with E-state index in [-0.39, 0.29) is 30.1 Å². The van der Waals surface area contributed by atoms with Crippen LogP contribution in [0.4, 0.5) is 0 Å². The highest BCUT2D eigenvalue weighted by molar-refractivity contribution is 5.97. The zero-order valence-electron chi connectivity index (χ0n) is 18.6. The molecule has 0 radical (unpaired) electrons. The Morgan fingerprint density at radius 3 is 2.41 bits per heavy atom. The standard InChI is InChI=1S/C24H29N5O3/c1-14(2)18(9-11-22(30)31)28-24(32)17-8-10-20-19(13-17)27-21(29(20)3)12-15-4-6-16(7-5-15)23(25)26/h4-8,10,13-14,18H,9,11-12H2,1-3H3,(H3,25,26)(H,28,32)(H,30,31). The van der Waals surface area contributed by atoms with Crippen LogP contribution >= 0.6 is 0 Å². The molecule has 0 saturated heterocycles. The molecule has 8 nitrogen and oxygen atoms in total. The van der Waals surface area contributed by atoms with Crippen LogP contribution in [0, 0.1) is 11.3 Å². The third-order valence-electron chi connectivity index (χ3n) is 5.65. The Hall–Kier alpha value is -3.68. The zero-order chi connectivity index (χ0) is 23.4. The minimum atomic E-state index is -0.872. The van der Waals surface area contributed by atoms with Crippen LogP contribution in [-0.4, -0.2) is 38.4 Å². The van der Waals surface area contributed by atoms with Gasteiger partial charge in [-0.3, -0.25) is 15.0 Å². The number of carbonyl (C=O) groups excluding carboxylic acids is 1. The Labute approximate surface area is 187 Å². The van der Waals surface area contributed by atoms with Crippen molar-refractivity contribution in [2.75, 3.05) is 0 Å². The van der Waals surface area contributed by atoms with Gasteiger partial charge in [-0.1, -0.05) is 38.1 Å². The number of benzene rings is 2. The molecule has 5 N–H and O–H groups in total. The third kappa shape index (κ3) is 5.32. The van der Waals surface area contributed by atoms with E-state index in [1.165, 1.54) is 0 Å². The molecular formula is C24H29N5O3. The Morgan fingerprint density at radius 1 is 1.16 bits per heavy atom. The fraction of sp³-hybridized carbons (Fsp3) is 0.333. The summed E-state index contributed by atoms with van der Waals surface area (Å²) in [6.07, 6.45) is 1.01. The first-order valence-electron chi connectivity index (χ1n) is 10.6. The van der Waals surface area contributed by atoms with E-state index in [0.29, 0.717) is 24.0 Å². The normalized spacial score (nSPS) is 12.1. The second kappa shape index (κ2) is 9.64. The number of nitrogens with zero attached hydrogens (tertiary/aromatic N) is 2. The van der Waals surface area contributed by atoms with Crippen molar-refractivity contribution < 1.29 is 14.7 Å².